The van der Waals surface area contributed by atoms with Crippen LogP contribution in [0.2, 0.25) is 0 Å². The largest absolute Gasteiger partial charge is 0.485 e. The van der Waals surface area contributed by atoms with E-state index in [1.807, 2.05) is 28.7 Å². The van der Waals surface area contributed by atoms with Gasteiger partial charge in [0.1, 0.15) is 6.61 Å². The van der Waals surface area contributed by atoms with Crippen molar-refractivity contribution in [1.82, 2.24) is 0 Å². The standard InChI is InChI=1S/C9H6ClIN2O3/c10-1-2-16-9-7(11)3-6(5-12)4-8(9)13(14)15/h3-4H,1-2H2. The molecule has 0 saturated heterocycles. The van der Waals surface area contributed by atoms with Crippen molar-refractivity contribution in [3.63, 3.8) is 0 Å². The number of hydrogen-bond donors (Lipinski definition) is 0. The minimum atomic E-state index is -0.577. The van der Waals surface area contributed by atoms with E-state index in [9.17, 15) is 10.1 Å². The first-order valence-electron chi connectivity index (χ1n) is 4.17. The third kappa shape index (κ3) is 2.96. The Morgan fingerprint density at radius 2 is 2.31 bits per heavy atom. The molecule has 0 aromatic heterocycles. The molecule has 0 aliphatic carbocycles. The van der Waals surface area contributed by atoms with Crippen molar-refractivity contribution in [1.29, 1.82) is 5.26 Å². The fourth-order valence-electron chi connectivity index (χ4n) is 1.06. The van der Waals surface area contributed by atoms with Crippen LogP contribution in [0.15, 0.2) is 12.1 Å². The van der Waals surface area contributed by atoms with E-state index in [1.54, 1.807) is 0 Å². The summed E-state index contributed by atoms with van der Waals surface area (Å²) in [4.78, 5) is 10.2. The molecule has 5 nitrogen and oxygen atoms in total. The molecule has 0 radical (unpaired) electrons. The monoisotopic (exact) mass is 352 g/mol. The van der Waals surface area contributed by atoms with Crippen LogP contribution in [0.3, 0.4) is 0 Å². The van der Waals surface area contributed by atoms with Gasteiger partial charge in [0.15, 0.2) is 0 Å². The number of alkyl halides is 1. The topological polar surface area (TPSA) is 76.2 Å². The first kappa shape index (κ1) is 13.0. The highest BCUT2D eigenvalue weighted by atomic mass is 127. The number of halogens is 2. The Hall–Kier alpha value is -1.07. The van der Waals surface area contributed by atoms with Crippen LogP contribution >= 0.6 is 34.2 Å². The fourth-order valence-corrected chi connectivity index (χ4v) is 1.91. The highest BCUT2D eigenvalue weighted by Gasteiger charge is 2.20. The summed E-state index contributed by atoms with van der Waals surface area (Å²) in [5.74, 6) is 0.401. The van der Waals surface area contributed by atoms with Gasteiger partial charge in [0.2, 0.25) is 5.75 Å². The maximum atomic E-state index is 10.8. The highest BCUT2D eigenvalue weighted by Crippen LogP contribution is 2.33. The summed E-state index contributed by atoms with van der Waals surface area (Å²) in [6.07, 6.45) is 0. The van der Waals surface area contributed by atoms with E-state index < -0.39 is 4.92 Å². The van der Waals surface area contributed by atoms with Crippen LogP contribution in [-0.2, 0) is 0 Å². The summed E-state index contributed by atoms with van der Waals surface area (Å²) in [6, 6.07) is 4.57. The van der Waals surface area contributed by atoms with Crippen molar-refractivity contribution in [2.45, 2.75) is 0 Å². The summed E-state index contributed by atoms with van der Waals surface area (Å²) in [5, 5.41) is 19.5. The second-order valence-electron chi connectivity index (χ2n) is 2.71. The molecule has 0 fully saturated rings. The van der Waals surface area contributed by atoms with Crippen LogP contribution in [0.4, 0.5) is 5.69 Å². The minimum absolute atomic E-state index is 0.158. The van der Waals surface area contributed by atoms with Crippen LogP contribution in [0.25, 0.3) is 0 Å². The van der Waals surface area contributed by atoms with E-state index in [0.717, 1.165) is 0 Å². The summed E-state index contributed by atoms with van der Waals surface area (Å²) in [7, 11) is 0. The van der Waals surface area contributed by atoms with Crippen molar-refractivity contribution in [3.8, 4) is 11.8 Å². The Morgan fingerprint density at radius 3 is 2.81 bits per heavy atom. The lowest BCUT2D eigenvalue weighted by Gasteiger charge is -2.07. The molecule has 0 unspecified atom stereocenters. The Kier molecular flexibility index (Phi) is 4.76. The molecule has 0 N–H and O–H groups in total. The zero-order valence-corrected chi connectivity index (χ0v) is 10.9. The molecule has 0 bridgehead atoms. The maximum absolute atomic E-state index is 10.8. The Labute approximate surface area is 110 Å². The van der Waals surface area contributed by atoms with Crippen molar-refractivity contribution in [3.05, 3.63) is 31.4 Å². The lowest BCUT2D eigenvalue weighted by atomic mass is 10.2. The highest BCUT2D eigenvalue weighted by molar-refractivity contribution is 14.1. The molecule has 1 aromatic rings. The first-order valence-corrected chi connectivity index (χ1v) is 5.78. The van der Waals surface area contributed by atoms with Gasteiger partial charge in [-0.3, -0.25) is 10.1 Å². The first-order chi connectivity index (χ1) is 7.60. The average Bonchev–Trinajstić information content (AvgIpc) is 2.26. The van der Waals surface area contributed by atoms with Gasteiger partial charge < -0.3 is 4.74 Å². The van der Waals surface area contributed by atoms with Gasteiger partial charge in [-0.2, -0.15) is 5.26 Å². The molecule has 0 heterocycles. The van der Waals surface area contributed by atoms with Gasteiger partial charge in [0.05, 0.1) is 26.0 Å². The molecule has 7 heteroatoms. The summed E-state index contributed by atoms with van der Waals surface area (Å²) >= 11 is 7.33. The smallest absolute Gasteiger partial charge is 0.313 e. The quantitative estimate of drug-likeness (QED) is 0.361. The van der Waals surface area contributed by atoms with E-state index in [-0.39, 0.29) is 29.5 Å². The Balaban J connectivity index is 3.24. The third-order valence-electron chi connectivity index (χ3n) is 1.67. The van der Waals surface area contributed by atoms with Gasteiger partial charge in [-0.15, -0.1) is 11.6 Å². The van der Waals surface area contributed by atoms with Crippen molar-refractivity contribution in [2.24, 2.45) is 0 Å². The van der Waals surface area contributed by atoms with Crippen LogP contribution in [0.1, 0.15) is 5.56 Å². The molecule has 1 aromatic carbocycles. The Bertz CT molecular complexity index is 459. The minimum Gasteiger partial charge on any atom is -0.485 e. The normalized spacial score (nSPS) is 9.56. The second kappa shape index (κ2) is 5.86. The van der Waals surface area contributed by atoms with Crippen LogP contribution in [0.5, 0.6) is 5.75 Å². The van der Waals surface area contributed by atoms with E-state index in [2.05, 4.69) is 0 Å². The molecule has 0 aliphatic heterocycles. The van der Waals surface area contributed by atoms with E-state index in [4.69, 9.17) is 21.6 Å². The Morgan fingerprint density at radius 1 is 1.62 bits per heavy atom. The zero-order valence-electron chi connectivity index (χ0n) is 7.94. The van der Waals surface area contributed by atoms with Gasteiger partial charge >= 0.3 is 5.69 Å². The number of nitrogens with zero attached hydrogens (tertiary/aromatic N) is 2. The SMILES string of the molecule is N#Cc1cc(I)c(OCCCl)c([N+](=O)[O-])c1. The summed E-state index contributed by atoms with van der Waals surface area (Å²) in [5.41, 5.74) is 0.0166. The molecule has 0 saturated carbocycles. The lowest BCUT2D eigenvalue weighted by Crippen LogP contribution is -2.03. The number of nitro benzene ring substituents is 1. The number of hydrogen-bond acceptors (Lipinski definition) is 4. The van der Waals surface area contributed by atoms with Gasteiger partial charge in [-0.05, 0) is 28.7 Å². The van der Waals surface area contributed by atoms with Gasteiger partial charge in [-0.1, -0.05) is 0 Å². The predicted molar refractivity (Wildman–Crippen MR) is 66.7 cm³/mol. The van der Waals surface area contributed by atoms with Crippen molar-refractivity contribution >= 4 is 39.9 Å². The van der Waals surface area contributed by atoms with Gasteiger partial charge in [0.25, 0.3) is 0 Å². The summed E-state index contributed by atoms with van der Waals surface area (Å²) in [6.45, 7) is 0.185. The number of rotatable bonds is 4. The molecule has 84 valence electrons. The molecule has 0 atom stereocenters. The molecule has 0 aliphatic rings. The molecule has 16 heavy (non-hydrogen) atoms. The van der Waals surface area contributed by atoms with Gasteiger partial charge in [0, 0.05) is 6.07 Å². The molecule has 1 rings (SSSR count). The van der Waals surface area contributed by atoms with E-state index in [0.29, 0.717) is 3.57 Å². The van der Waals surface area contributed by atoms with Crippen LogP contribution < -0.4 is 4.74 Å². The molecule has 0 amide bonds. The average molecular weight is 353 g/mol. The third-order valence-corrected chi connectivity index (χ3v) is 2.63. The fraction of sp³-hybridized carbons (Fsp3) is 0.222. The van der Waals surface area contributed by atoms with Crippen molar-refractivity contribution < 1.29 is 9.66 Å². The number of ether oxygens (including phenoxy) is 1. The van der Waals surface area contributed by atoms with Crippen molar-refractivity contribution in [2.75, 3.05) is 12.5 Å². The number of nitro groups is 1. The van der Waals surface area contributed by atoms with Crippen LogP contribution in [0, 0.1) is 25.0 Å². The van der Waals surface area contributed by atoms with E-state index >= 15 is 0 Å². The predicted octanol–water partition coefficient (Wildman–Crippen LogP) is 2.69. The van der Waals surface area contributed by atoms with Gasteiger partial charge in [-0.25, -0.2) is 0 Å². The summed E-state index contributed by atoms with van der Waals surface area (Å²) < 4.78 is 5.71. The molecular weight excluding hydrogens is 346 g/mol. The zero-order chi connectivity index (χ0) is 12.1. The molecule has 0 spiro atoms. The second-order valence-corrected chi connectivity index (χ2v) is 4.25. The number of nitriles is 1. The van der Waals surface area contributed by atoms with Crippen LogP contribution in [-0.4, -0.2) is 17.4 Å². The number of benzene rings is 1. The lowest BCUT2D eigenvalue weighted by molar-refractivity contribution is -0.386. The maximum Gasteiger partial charge on any atom is 0.313 e. The van der Waals surface area contributed by atoms with E-state index in [1.165, 1.54) is 12.1 Å². The molecular formula is C9H6ClIN2O3.